The third kappa shape index (κ3) is 1.91. The van der Waals surface area contributed by atoms with Crippen molar-refractivity contribution >= 4 is 11.7 Å². The predicted octanol–water partition coefficient (Wildman–Crippen LogP) is 1.62. The van der Waals surface area contributed by atoms with Crippen LogP contribution in [0.2, 0.25) is 0 Å². The van der Waals surface area contributed by atoms with Crippen LogP contribution in [-0.4, -0.2) is 11.7 Å². The number of ketones is 1. The zero-order valence-electron chi connectivity index (χ0n) is 8.40. The van der Waals surface area contributed by atoms with Gasteiger partial charge in [0.05, 0.1) is 0 Å². The van der Waals surface area contributed by atoms with Crippen molar-refractivity contribution in [2.24, 2.45) is 5.73 Å². The van der Waals surface area contributed by atoms with Gasteiger partial charge in [-0.25, -0.2) is 0 Å². The fraction of sp³-hybridized carbons (Fsp3) is 0.333. The summed E-state index contributed by atoms with van der Waals surface area (Å²) in [6.45, 7) is 0. The normalized spacial score (nSPS) is 19.7. The van der Waals surface area contributed by atoms with Crippen molar-refractivity contribution in [2.45, 2.75) is 25.2 Å². The molecule has 0 bridgehead atoms. The van der Waals surface area contributed by atoms with Crippen molar-refractivity contribution < 1.29 is 9.59 Å². The molecule has 1 aromatic carbocycles. The van der Waals surface area contributed by atoms with E-state index in [0.717, 1.165) is 17.5 Å². The Hall–Kier alpha value is -1.64. The van der Waals surface area contributed by atoms with E-state index in [0.29, 0.717) is 12.8 Å². The maximum Gasteiger partial charge on any atom is 0.218 e. The molecule has 0 saturated heterocycles. The Morgan fingerprint density at radius 2 is 2.13 bits per heavy atom. The van der Waals surface area contributed by atoms with Crippen LogP contribution in [0.5, 0.6) is 0 Å². The number of nitrogens with two attached hydrogens (primary N) is 1. The van der Waals surface area contributed by atoms with Gasteiger partial charge >= 0.3 is 0 Å². The Labute approximate surface area is 88.3 Å². The van der Waals surface area contributed by atoms with Gasteiger partial charge in [0.1, 0.15) is 0 Å². The van der Waals surface area contributed by atoms with E-state index in [-0.39, 0.29) is 17.6 Å². The molecule has 1 aliphatic carbocycles. The predicted molar refractivity (Wildman–Crippen MR) is 56.6 cm³/mol. The highest BCUT2D eigenvalue weighted by Crippen LogP contribution is 2.33. The molecule has 2 rings (SSSR count). The summed E-state index contributed by atoms with van der Waals surface area (Å²) in [5, 5.41) is 0. The second kappa shape index (κ2) is 3.85. The average molecular weight is 203 g/mol. The SMILES string of the molecule is NC(=O)C[C@H]1CCC(=O)c2ccccc21. The number of benzene rings is 1. The van der Waals surface area contributed by atoms with Gasteiger partial charge in [-0.05, 0) is 17.9 Å². The van der Waals surface area contributed by atoms with Gasteiger partial charge in [-0.1, -0.05) is 24.3 Å². The average Bonchev–Trinajstić information content (AvgIpc) is 2.22. The molecule has 2 N–H and O–H groups in total. The number of amides is 1. The molecule has 0 spiro atoms. The Morgan fingerprint density at radius 3 is 2.87 bits per heavy atom. The van der Waals surface area contributed by atoms with Crippen molar-refractivity contribution in [3.05, 3.63) is 35.4 Å². The summed E-state index contributed by atoms with van der Waals surface area (Å²) in [4.78, 5) is 22.5. The van der Waals surface area contributed by atoms with Gasteiger partial charge in [0.25, 0.3) is 0 Å². The first kappa shape index (κ1) is 9.90. The van der Waals surface area contributed by atoms with E-state index in [1.165, 1.54) is 0 Å². The summed E-state index contributed by atoms with van der Waals surface area (Å²) in [6.07, 6.45) is 1.60. The summed E-state index contributed by atoms with van der Waals surface area (Å²) in [5.41, 5.74) is 6.93. The monoisotopic (exact) mass is 203 g/mol. The number of carbonyl (C=O) groups is 2. The highest BCUT2D eigenvalue weighted by molar-refractivity contribution is 5.99. The second-order valence-electron chi connectivity index (χ2n) is 3.92. The van der Waals surface area contributed by atoms with Crippen LogP contribution in [0.3, 0.4) is 0 Å². The molecule has 0 heterocycles. The van der Waals surface area contributed by atoms with E-state index in [1.54, 1.807) is 0 Å². The minimum Gasteiger partial charge on any atom is -0.370 e. The van der Waals surface area contributed by atoms with Crippen LogP contribution < -0.4 is 5.73 Å². The zero-order valence-corrected chi connectivity index (χ0v) is 8.40. The highest BCUT2D eigenvalue weighted by Gasteiger charge is 2.25. The van der Waals surface area contributed by atoms with E-state index in [4.69, 9.17) is 5.73 Å². The van der Waals surface area contributed by atoms with Gasteiger partial charge in [0, 0.05) is 18.4 Å². The molecule has 3 heteroatoms. The Morgan fingerprint density at radius 1 is 1.40 bits per heavy atom. The molecule has 1 atom stereocenters. The zero-order chi connectivity index (χ0) is 10.8. The molecular weight excluding hydrogens is 190 g/mol. The molecule has 15 heavy (non-hydrogen) atoms. The van der Waals surface area contributed by atoms with Crippen molar-refractivity contribution in [3.63, 3.8) is 0 Å². The van der Waals surface area contributed by atoms with Gasteiger partial charge < -0.3 is 5.73 Å². The van der Waals surface area contributed by atoms with Crippen LogP contribution in [0, 0.1) is 0 Å². The van der Waals surface area contributed by atoms with E-state index < -0.39 is 0 Å². The minimum absolute atomic E-state index is 0.122. The smallest absolute Gasteiger partial charge is 0.218 e. The van der Waals surface area contributed by atoms with Crippen LogP contribution in [0.1, 0.15) is 41.1 Å². The first-order valence-corrected chi connectivity index (χ1v) is 5.09. The molecule has 0 fully saturated rings. The lowest BCUT2D eigenvalue weighted by atomic mass is 9.80. The van der Waals surface area contributed by atoms with Crippen molar-refractivity contribution in [1.82, 2.24) is 0 Å². The number of carbonyl (C=O) groups excluding carboxylic acids is 2. The van der Waals surface area contributed by atoms with E-state index >= 15 is 0 Å². The molecule has 3 nitrogen and oxygen atoms in total. The van der Waals surface area contributed by atoms with Crippen molar-refractivity contribution in [3.8, 4) is 0 Å². The quantitative estimate of drug-likeness (QED) is 0.794. The lowest BCUT2D eigenvalue weighted by Crippen LogP contribution is -2.21. The first-order valence-electron chi connectivity index (χ1n) is 5.09. The molecule has 1 aromatic rings. The van der Waals surface area contributed by atoms with Crippen LogP contribution in [0.25, 0.3) is 0 Å². The van der Waals surface area contributed by atoms with Crippen molar-refractivity contribution in [2.75, 3.05) is 0 Å². The van der Waals surface area contributed by atoms with Crippen LogP contribution in [0.15, 0.2) is 24.3 Å². The van der Waals surface area contributed by atoms with Crippen molar-refractivity contribution in [1.29, 1.82) is 0 Å². The Balaban J connectivity index is 2.36. The summed E-state index contributed by atoms with van der Waals surface area (Å²) >= 11 is 0. The molecule has 1 amide bonds. The van der Waals surface area contributed by atoms with Crippen LogP contribution >= 0.6 is 0 Å². The van der Waals surface area contributed by atoms with Gasteiger partial charge in [0.2, 0.25) is 5.91 Å². The first-order chi connectivity index (χ1) is 7.18. The van der Waals surface area contributed by atoms with E-state index in [9.17, 15) is 9.59 Å². The topological polar surface area (TPSA) is 60.2 Å². The number of hydrogen-bond acceptors (Lipinski definition) is 2. The number of primary amides is 1. The van der Waals surface area contributed by atoms with E-state index in [2.05, 4.69) is 0 Å². The number of fused-ring (bicyclic) bond motifs is 1. The van der Waals surface area contributed by atoms with Crippen LogP contribution in [0.4, 0.5) is 0 Å². The van der Waals surface area contributed by atoms with Crippen LogP contribution in [-0.2, 0) is 4.79 Å². The summed E-state index contributed by atoms with van der Waals surface area (Å²) in [7, 11) is 0. The molecule has 0 unspecified atom stereocenters. The van der Waals surface area contributed by atoms with Gasteiger partial charge in [0.15, 0.2) is 5.78 Å². The molecule has 0 radical (unpaired) electrons. The second-order valence-corrected chi connectivity index (χ2v) is 3.92. The molecule has 78 valence electrons. The number of hydrogen-bond donors (Lipinski definition) is 1. The number of Topliss-reactive ketones (excluding diaryl/α,β-unsaturated/α-hetero) is 1. The lowest BCUT2D eigenvalue weighted by Gasteiger charge is -2.23. The molecule has 0 saturated carbocycles. The van der Waals surface area contributed by atoms with Gasteiger partial charge in [-0.15, -0.1) is 0 Å². The number of rotatable bonds is 2. The third-order valence-corrected chi connectivity index (χ3v) is 2.87. The Kier molecular flexibility index (Phi) is 2.54. The Bertz CT molecular complexity index is 412. The van der Waals surface area contributed by atoms with Gasteiger partial charge in [-0.2, -0.15) is 0 Å². The maximum absolute atomic E-state index is 11.6. The van der Waals surface area contributed by atoms with E-state index in [1.807, 2.05) is 24.3 Å². The molecular formula is C12H13NO2. The fourth-order valence-electron chi connectivity index (χ4n) is 2.16. The fourth-order valence-corrected chi connectivity index (χ4v) is 2.16. The maximum atomic E-state index is 11.6. The highest BCUT2D eigenvalue weighted by atomic mass is 16.1. The largest absolute Gasteiger partial charge is 0.370 e. The minimum atomic E-state index is -0.302. The summed E-state index contributed by atoms with van der Waals surface area (Å²) < 4.78 is 0. The lowest BCUT2D eigenvalue weighted by molar-refractivity contribution is -0.118. The summed E-state index contributed by atoms with van der Waals surface area (Å²) in [5.74, 6) is -0.00753. The molecule has 0 aromatic heterocycles. The molecule has 1 aliphatic rings. The summed E-state index contributed by atoms with van der Waals surface area (Å²) in [6, 6.07) is 7.49. The van der Waals surface area contributed by atoms with Gasteiger partial charge in [-0.3, -0.25) is 9.59 Å². The third-order valence-electron chi connectivity index (χ3n) is 2.87. The standard InChI is InChI=1S/C12H13NO2/c13-12(15)7-8-5-6-11(14)10-4-2-1-3-9(8)10/h1-4,8H,5-7H2,(H2,13,15)/t8-/m1/s1. The molecule has 0 aliphatic heterocycles.